The van der Waals surface area contributed by atoms with Crippen LogP contribution in [0.1, 0.15) is 56.3 Å². The minimum Gasteiger partial charge on any atom is -0.312 e. The van der Waals surface area contributed by atoms with Gasteiger partial charge in [-0.2, -0.15) is 0 Å². The van der Waals surface area contributed by atoms with E-state index in [0.717, 1.165) is 50.0 Å². The zero-order valence-corrected chi connectivity index (χ0v) is 26.4. The molecule has 1 aliphatic carbocycles. The highest BCUT2D eigenvalue weighted by molar-refractivity contribution is 6.36. The van der Waals surface area contributed by atoms with Gasteiger partial charge in [0.1, 0.15) is 12.7 Å². The second-order valence-corrected chi connectivity index (χ2v) is 12.4. The summed E-state index contributed by atoms with van der Waals surface area (Å²) in [6.45, 7) is 2.19. The van der Waals surface area contributed by atoms with Gasteiger partial charge in [0.15, 0.2) is 0 Å². The van der Waals surface area contributed by atoms with Crippen molar-refractivity contribution in [3.05, 3.63) is 162 Å². The van der Waals surface area contributed by atoms with Crippen molar-refractivity contribution >= 4 is 34.5 Å². The first kappa shape index (κ1) is 28.7. The maximum Gasteiger partial charge on any atom is 0.268 e. The first-order valence-corrected chi connectivity index (χ1v) is 16.1. The smallest absolute Gasteiger partial charge is 0.268 e. The molecule has 0 saturated heterocycles. The molecule has 2 atom stereocenters. The molecule has 0 bridgehead atoms. The number of amides is 2. The Hall–Kier alpha value is -6.54. The molecule has 234 valence electrons. The molecule has 2 aliphatic rings. The maximum absolute atomic E-state index is 14.7. The van der Waals surface area contributed by atoms with Crippen molar-refractivity contribution in [2.75, 3.05) is 4.90 Å². The topological polar surface area (TPSA) is 93.9 Å². The second kappa shape index (κ2) is 11.3. The summed E-state index contributed by atoms with van der Waals surface area (Å²) in [5.41, 5.74) is 9.58. The van der Waals surface area contributed by atoms with Crippen molar-refractivity contribution in [2.24, 2.45) is 0 Å². The summed E-state index contributed by atoms with van der Waals surface area (Å²) < 4.78 is 2.18. The number of carbonyl (C=O) groups is 2. The highest BCUT2D eigenvalue weighted by Gasteiger charge is 2.41. The fourth-order valence-electron chi connectivity index (χ4n) is 7.47. The Bertz CT molecular complexity index is 2460. The summed E-state index contributed by atoms with van der Waals surface area (Å²) >= 11 is 0. The van der Waals surface area contributed by atoms with Crippen molar-refractivity contribution in [3.8, 4) is 27.9 Å². The van der Waals surface area contributed by atoms with Gasteiger partial charge in [-0.1, -0.05) is 85.8 Å². The lowest BCUT2D eigenvalue weighted by molar-refractivity contribution is 0.0926. The molecule has 0 spiro atoms. The minimum absolute atomic E-state index is 0.00194. The molecule has 4 heterocycles. The molecule has 8 heteroatoms. The Morgan fingerprint density at radius 2 is 1.33 bits per heavy atom. The number of imide groups is 1. The number of aromatic nitrogens is 5. The number of benzene rings is 4. The number of para-hydroxylation sites is 1. The molecule has 7 aromatic rings. The molecule has 4 aromatic carbocycles. The lowest BCUT2D eigenvalue weighted by Gasteiger charge is -2.27. The molecule has 2 amide bonds. The van der Waals surface area contributed by atoms with Crippen LogP contribution in [0.4, 0.5) is 5.69 Å². The van der Waals surface area contributed by atoms with Gasteiger partial charge < -0.3 is 4.57 Å². The number of rotatable bonds is 5. The van der Waals surface area contributed by atoms with Gasteiger partial charge in [0.2, 0.25) is 0 Å². The predicted octanol–water partition coefficient (Wildman–Crippen LogP) is 8.26. The minimum atomic E-state index is -0.353. The Labute approximate surface area is 282 Å². The summed E-state index contributed by atoms with van der Waals surface area (Å²) in [5.74, 6) is -0.707. The third kappa shape index (κ3) is 4.45. The fourth-order valence-corrected chi connectivity index (χ4v) is 7.47. The first-order chi connectivity index (χ1) is 24.1. The molecular weight excluding hydrogens is 608 g/mol. The van der Waals surface area contributed by atoms with E-state index in [1.54, 1.807) is 18.5 Å². The summed E-state index contributed by atoms with van der Waals surface area (Å²) in [5, 5.41) is 1.04. The number of allylic oxidation sites excluding steroid dienone is 1. The van der Waals surface area contributed by atoms with Crippen LogP contribution in [0.2, 0.25) is 0 Å². The zero-order chi connectivity index (χ0) is 33.1. The van der Waals surface area contributed by atoms with E-state index in [2.05, 4.69) is 61.8 Å². The van der Waals surface area contributed by atoms with Gasteiger partial charge >= 0.3 is 0 Å². The summed E-state index contributed by atoms with van der Waals surface area (Å²) in [6, 6.07) is 29.3. The molecule has 0 N–H and O–H groups in total. The third-order valence-corrected chi connectivity index (χ3v) is 9.71. The van der Waals surface area contributed by atoms with Gasteiger partial charge in [-0.05, 0) is 41.0 Å². The van der Waals surface area contributed by atoms with Crippen LogP contribution in [0, 0.1) is 0 Å². The van der Waals surface area contributed by atoms with E-state index < -0.39 is 0 Å². The van der Waals surface area contributed by atoms with Gasteiger partial charge in [-0.15, -0.1) is 0 Å². The highest BCUT2D eigenvalue weighted by atomic mass is 16.2. The average molecular weight is 637 g/mol. The van der Waals surface area contributed by atoms with Crippen molar-refractivity contribution in [2.45, 2.75) is 18.8 Å². The van der Waals surface area contributed by atoms with Crippen molar-refractivity contribution in [3.63, 3.8) is 0 Å². The Morgan fingerprint density at radius 3 is 2.12 bits per heavy atom. The van der Waals surface area contributed by atoms with Crippen molar-refractivity contribution in [1.82, 2.24) is 24.5 Å². The van der Waals surface area contributed by atoms with Gasteiger partial charge in [0.05, 0.1) is 28.0 Å². The SMILES string of the molecule is CC1c2c(c3ccc(-c4cncnc4)cc3n2-c2cccc3c2C(=O)N(c2ccccc2-c2ccccc2)C3=O)C=CC1c1cncnc1. The molecule has 0 radical (unpaired) electrons. The quantitative estimate of drug-likeness (QED) is 0.177. The number of nitrogens with zero attached hydrogens (tertiary/aromatic N) is 6. The average Bonchev–Trinajstić information content (AvgIpc) is 3.63. The molecule has 0 fully saturated rings. The van der Waals surface area contributed by atoms with Crippen LogP contribution < -0.4 is 4.90 Å². The molecule has 8 nitrogen and oxygen atoms in total. The summed E-state index contributed by atoms with van der Waals surface area (Å²) in [4.78, 5) is 47.4. The molecule has 2 unspecified atom stereocenters. The standard InChI is InChI=1S/C41H28N6O2/c1-25-30(29-21-44-24-45-22-29)16-17-33-32-15-14-27(28-19-42-23-43-20-28)18-37(32)46(39(25)33)36-13-7-11-34-38(36)41(49)47(40(34)48)35-12-6-5-10-31(35)26-8-3-2-4-9-26/h2-25,30H,1H3. The Kier molecular flexibility index (Phi) is 6.62. The van der Waals surface area contributed by atoms with E-state index in [1.807, 2.05) is 79.1 Å². The molecule has 9 rings (SSSR count). The van der Waals surface area contributed by atoms with E-state index in [4.69, 9.17) is 0 Å². The Balaban J connectivity index is 1.27. The van der Waals surface area contributed by atoms with Crippen LogP contribution in [0.3, 0.4) is 0 Å². The van der Waals surface area contributed by atoms with Gasteiger partial charge in [0, 0.05) is 64.4 Å². The Morgan fingerprint density at radius 1 is 0.633 bits per heavy atom. The van der Waals surface area contributed by atoms with E-state index >= 15 is 0 Å². The van der Waals surface area contributed by atoms with Crippen LogP contribution >= 0.6 is 0 Å². The van der Waals surface area contributed by atoms with Crippen LogP contribution in [0.5, 0.6) is 0 Å². The number of hydrogen-bond donors (Lipinski definition) is 0. The van der Waals surface area contributed by atoms with Crippen LogP contribution in [0.25, 0.3) is 44.9 Å². The van der Waals surface area contributed by atoms with E-state index in [-0.39, 0.29) is 23.7 Å². The van der Waals surface area contributed by atoms with Crippen LogP contribution in [-0.4, -0.2) is 36.3 Å². The van der Waals surface area contributed by atoms with E-state index in [0.29, 0.717) is 22.5 Å². The summed E-state index contributed by atoms with van der Waals surface area (Å²) in [7, 11) is 0. The number of carbonyl (C=O) groups excluding carboxylic acids is 2. The lowest BCUT2D eigenvalue weighted by Crippen LogP contribution is -2.30. The predicted molar refractivity (Wildman–Crippen MR) is 190 cm³/mol. The third-order valence-electron chi connectivity index (χ3n) is 9.71. The number of hydrogen-bond acceptors (Lipinski definition) is 6. The van der Waals surface area contributed by atoms with Crippen LogP contribution in [-0.2, 0) is 0 Å². The molecule has 3 aromatic heterocycles. The first-order valence-electron chi connectivity index (χ1n) is 16.1. The highest BCUT2D eigenvalue weighted by Crippen LogP contribution is 2.47. The second-order valence-electron chi connectivity index (χ2n) is 12.4. The van der Waals surface area contributed by atoms with Gasteiger partial charge in [-0.3, -0.25) is 9.59 Å². The molecule has 0 saturated carbocycles. The monoisotopic (exact) mass is 636 g/mol. The maximum atomic E-state index is 14.7. The van der Waals surface area contributed by atoms with Crippen LogP contribution in [0.15, 0.2) is 135 Å². The summed E-state index contributed by atoms with van der Waals surface area (Å²) in [6.07, 6.45) is 14.7. The zero-order valence-electron chi connectivity index (χ0n) is 26.4. The fraction of sp³-hybridized carbons (Fsp3) is 0.0732. The lowest BCUT2D eigenvalue weighted by atomic mass is 9.80. The van der Waals surface area contributed by atoms with Crippen molar-refractivity contribution < 1.29 is 9.59 Å². The largest absolute Gasteiger partial charge is 0.312 e. The molecule has 1 aliphatic heterocycles. The van der Waals surface area contributed by atoms with Crippen molar-refractivity contribution in [1.29, 1.82) is 0 Å². The molecular formula is C41H28N6O2. The number of fused-ring (bicyclic) bond motifs is 4. The normalized spacial score (nSPS) is 16.6. The molecule has 49 heavy (non-hydrogen) atoms. The van der Waals surface area contributed by atoms with E-state index in [9.17, 15) is 9.59 Å². The van der Waals surface area contributed by atoms with Gasteiger partial charge in [-0.25, -0.2) is 24.8 Å². The van der Waals surface area contributed by atoms with E-state index in [1.165, 1.54) is 17.6 Å². The number of anilines is 1. The van der Waals surface area contributed by atoms with Gasteiger partial charge in [0.25, 0.3) is 11.8 Å².